The van der Waals surface area contributed by atoms with Gasteiger partial charge in [-0.1, -0.05) is 247 Å². The largest absolute Gasteiger partial charge is 0.394 e. The average Bonchev–Trinajstić information content (AvgIpc) is 0.842. The van der Waals surface area contributed by atoms with Crippen LogP contribution in [0.25, 0.3) is 0 Å². The van der Waals surface area contributed by atoms with Crippen LogP contribution in [0.3, 0.4) is 0 Å². The fraction of sp³-hybridized carbons (Fsp3) is 0.797. The molecule has 93 heavy (non-hydrogen) atoms. The molecule has 0 aromatic heterocycles. The first-order valence-corrected chi connectivity index (χ1v) is 36.3. The third-order valence-corrected chi connectivity index (χ3v) is 17.7. The molecule has 3 rings (SSSR count). The van der Waals surface area contributed by atoms with E-state index in [0.29, 0.717) is 12.8 Å². The molecule has 0 bridgehead atoms. The molecular weight excluding hydrogens is 1190 g/mol. The summed E-state index contributed by atoms with van der Waals surface area (Å²) in [6, 6.07) is -0.991. The maximum Gasteiger partial charge on any atom is 0.220 e. The van der Waals surface area contributed by atoms with Crippen LogP contribution in [0.1, 0.15) is 245 Å². The fourth-order valence-corrected chi connectivity index (χ4v) is 11.8. The van der Waals surface area contributed by atoms with Crippen LogP contribution in [0, 0.1) is 0 Å². The van der Waals surface area contributed by atoms with Crippen LogP contribution in [-0.4, -0.2) is 193 Å². The number of aliphatic hydroxyl groups is 11. The normalized spacial score (nSPS) is 28.0. The molecule has 3 heterocycles. The Morgan fingerprint density at radius 3 is 1.20 bits per heavy atom. The van der Waals surface area contributed by atoms with Crippen molar-refractivity contribution in [1.29, 1.82) is 0 Å². The number of unbranched alkanes of at least 4 members (excludes halogenated alkanes) is 27. The molecule has 3 aliphatic rings. The van der Waals surface area contributed by atoms with Gasteiger partial charge in [0.1, 0.15) is 73.2 Å². The van der Waals surface area contributed by atoms with E-state index in [1.54, 1.807) is 6.08 Å². The molecule has 19 heteroatoms. The first kappa shape index (κ1) is 84.2. The third-order valence-electron chi connectivity index (χ3n) is 17.7. The number of amides is 1. The molecule has 538 valence electrons. The molecule has 0 spiro atoms. The molecular formula is C74H129NO18. The van der Waals surface area contributed by atoms with Gasteiger partial charge < -0.3 is 89.9 Å². The molecule has 3 fully saturated rings. The molecule has 0 aromatic carbocycles. The van der Waals surface area contributed by atoms with E-state index < -0.39 is 124 Å². The van der Waals surface area contributed by atoms with Crippen LogP contribution in [-0.2, 0) is 33.2 Å². The minimum atomic E-state index is -1.98. The summed E-state index contributed by atoms with van der Waals surface area (Å²) in [5, 5.41) is 120. The summed E-state index contributed by atoms with van der Waals surface area (Å²) in [6.45, 7) is 1.58. The Hall–Kier alpha value is -3.03. The summed E-state index contributed by atoms with van der Waals surface area (Å²) in [7, 11) is 0. The summed E-state index contributed by atoms with van der Waals surface area (Å²) in [6.07, 6.45) is 44.4. The van der Waals surface area contributed by atoms with Crippen molar-refractivity contribution >= 4 is 5.91 Å². The first-order valence-electron chi connectivity index (χ1n) is 36.3. The van der Waals surface area contributed by atoms with Gasteiger partial charge in [-0.2, -0.15) is 0 Å². The molecule has 0 aromatic rings. The summed E-state index contributed by atoms with van der Waals surface area (Å²) in [5.74, 6) is -0.286. The van der Waals surface area contributed by atoms with Gasteiger partial charge >= 0.3 is 0 Å². The highest BCUT2D eigenvalue weighted by molar-refractivity contribution is 5.76. The minimum absolute atomic E-state index is 0.234. The highest BCUT2D eigenvalue weighted by Gasteiger charge is 2.53. The van der Waals surface area contributed by atoms with E-state index in [4.69, 9.17) is 28.4 Å². The zero-order chi connectivity index (χ0) is 67.5. The first-order chi connectivity index (χ1) is 45.3. The van der Waals surface area contributed by atoms with Crippen molar-refractivity contribution < 1.29 is 89.4 Å². The topological polar surface area (TPSA) is 307 Å². The summed E-state index contributed by atoms with van der Waals surface area (Å²) in [4.78, 5) is 13.4. The van der Waals surface area contributed by atoms with E-state index in [1.807, 2.05) is 6.08 Å². The third kappa shape index (κ3) is 36.4. The number of aliphatic hydroxyl groups excluding tert-OH is 11. The van der Waals surface area contributed by atoms with Gasteiger partial charge in [-0.3, -0.25) is 4.79 Å². The van der Waals surface area contributed by atoms with Crippen molar-refractivity contribution in [3.63, 3.8) is 0 Å². The van der Waals surface area contributed by atoms with E-state index in [0.717, 1.165) is 70.6 Å². The lowest BCUT2D eigenvalue weighted by atomic mass is 9.96. The monoisotopic (exact) mass is 1320 g/mol. The van der Waals surface area contributed by atoms with Crippen molar-refractivity contribution in [2.24, 2.45) is 0 Å². The second-order valence-corrected chi connectivity index (χ2v) is 25.7. The number of allylic oxidation sites excluding steroid dienone is 13. The van der Waals surface area contributed by atoms with Crippen LogP contribution < -0.4 is 5.32 Å². The van der Waals surface area contributed by atoms with Crippen LogP contribution in [0.15, 0.2) is 85.1 Å². The second kappa shape index (κ2) is 54.9. The van der Waals surface area contributed by atoms with Crippen molar-refractivity contribution in [1.82, 2.24) is 5.32 Å². The van der Waals surface area contributed by atoms with E-state index in [9.17, 15) is 61.0 Å². The van der Waals surface area contributed by atoms with Crippen molar-refractivity contribution in [3.05, 3.63) is 85.1 Å². The van der Waals surface area contributed by atoms with Crippen LogP contribution in [0.2, 0.25) is 0 Å². The summed E-state index contributed by atoms with van der Waals surface area (Å²) < 4.78 is 34.3. The van der Waals surface area contributed by atoms with Gasteiger partial charge in [-0.15, -0.1) is 0 Å². The van der Waals surface area contributed by atoms with Crippen molar-refractivity contribution in [3.8, 4) is 0 Å². The average molecular weight is 1320 g/mol. The number of ether oxygens (including phenoxy) is 6. The lowest BCUT2D eigenvalue weighted by Crippen LogP contribution is -2.66. The standard InChI is InChI=1S/C74H129NO18/c1-3-5-7-9-11-13-15-17-18-19-20-21-22-23-24-25-26-27-28-29-30-31-32-33-34-35-36-37-38-40-42-44-46-48-50-52-62(80)75-57(58(79)51-49-47-45-43-41-39-16-14-12-10-8-6-4-2)56-88-72-68(86)65(83)70(60(54-77)90-72)93-74-69(87)66(84)71(61(55-78)91-74)92-73-67(85)64(82)63(81)59(53-76)89-73/h5,7,11,13,17-18,20-21,23-24,41,43,49,51,57-61,63-74,76-79,81-87H,3-4,6,8-10,12,14-16,19,22,25-40,42,44-48,50,52-56H2,1-2H3,(H,75,80)/b7-5-,13-11-,18-17-,21-20-,24-23-,43-41+,51-49+. The molecule has 17 atom stereocenters. The molecule has 19 nitrogen and oxygen atoms in total. The maximum absolute atomic E-state index is 13.4. The predicted molar refractivity (Wildman–Crippen MR) is 364 cm³/mol. The Morgan fingerprint density at radius 2 is 0.753 bits per heavy atom. The Balaban J connectivity index is 1.34. The molecule has 17 unspecified atom stereocenters. The van der Waals surface area contributed by atoms with E-state index in [2.05, 4.69) is 92.1 Å². The van der Waals surface area contributed by atoms with Crippen molar-refractivity contribution in [2.45, 2.75) is 349 Å². The quantitative estimate of drug-likeness (QED) is 0.0199. The Labute approximate surface area is 559 Å². The smallest absolute Gasteiger partial charge is 0.220 e. The summed E-state index contributed by atoms with van der Waals surface area (Å²) in [5.41, 5.74) is 0. The molecule has 0 saturated carbocycles. The molecule has 12 N–H and O–H groups in total. The van der Waals surface area contributed by atoms with Gasteiger partial charge in [0.05, 0.1) is 38.6 Å². The SMILES string of the molecule is CC/C=C\C/C=C\C/C=C\C/C=C\C/C=C\CCCCCCCCCCCCCCCCCCCCCC(=O)NC(COC1OC(CO)C(OC2OC(CO)C(OC3OC(CO)C(O)C(O)C3O)C(O)C2O)C(O)C1O)C(O)/C=C/CC/C=C/CCCCCCCCC. The van der Waals surface area contributed by atoms with E-state index >= 15 is 0 Å². The zero-order valence-corrected chi connectivity index (χ0v) is 57.0. The van der Waals surface area contributed by atoms with Crippen LogP contribution in [0.4, 0.5) is 0 Å². The summed E-state index contributed by atoms with van der Waals surface area (Å²) >= 11 is 0. The Morgan fingerprint density at radius 1 is 0.398 bits per heavy atom. The minimum Gasteiger partial charge on any atom is -0.394 e. The number of carbonyl (C=O) groups is 1. The highest BCUT2D eigenvalue weighted by atomic mass is 16.8. The molecule has 0 aliphatic carbocycles. The molecule has 1 amide bonds. The van der Waals surface area contributed by atoms with E-state index in [1.165, 1.54) is 141 Å². The molecule has 0 radical (unpaired) electrons. The lowest BCUT2D eigenvalue weighted by Gasteiger charge is -2.48. The van der Waals surface area contributed by atoms with Crippen molar-refractivity contribution in [2.75, 3.05) is 26.4 Å². The number of rotatable bonds is 55. The second-order valence-electron chi connectivity index (χ2n) is 25.7. The number of carbonyl (C=O) groups excluding carboxylic acids is 1. The Bertz CT molecular complexity index is 2010. The van der Waals surface area contributed by atoms with Crippen LogP contribution >= 0.6 is 0 Å². The van der Waals surface area contributed by atoms with Gasteiger partial charge in [0.25, 0.3) is 0 Å². The maximum atomic E-state index is 13.4. The lowest BCUT2D eigenvalue weighted by molar-refractivity contribution is -0.379. The van der Waals surface area contributed by atoms with Crippen LogP contribution in [0.5, 0.6) is 0 Å². The van der Waals surface area contributed by atoms with Gasteiger partial charge in [0.15, 0.2) is 18.9 Å². The van der Waals surface area contributed by atoms with Gasteiger partial charge in [-0.25, -0.2) is 0 Å². The fourth-order valence-electron chi connectivity index (χ4n) is 11.8. The molecule has 3 saturated heterocycles. The highest BCUT2D eigenvalue weighted by Crippen LogP contribution is 2.33. The predicted octanol–water partition coefficient (Wildman–Crippen LogP) is 10.3. The Kier molecular flexibility index (Phi) is 49.7. The zero-order valence-electron chi connectivity index (χ0n) is 57.0. The number of nitrogens with one attached hydrogen (secondary N) is 1. The van der Waals surface area contributed by atoms with Gasteiger partial charge in [-0.05, 0) is 77.0 Å². The van der Waals surface area contributed by atoms with Gasteiger partial charge in [0.2, 0.25) is 5.91 Å². The number of hydrogen-bond acceptors (Lipinski definition) is 18. The number of hydrogen-bond donors (Lipinski definition) is 12. The van der Waals surface area contributed by atoms with Gasteiger partial charge in [0, 0.05) is 6.42 Å². The van der Waals surface area contributed by atoms with E-state index in [-0.39, 0.29) is 18.9 Å². The molecule has 3 aliphatic heterocycles.